The van der Waals surface area contributed by atoms with Gasteiger partial charge in [0.15, 0.2) is 0 Å². The van der Waals surface area contributed by atoms with Crippen molar-refractivity contribution >= 4 is 28.8 Å². The van der Waals surface area contributed by atoms with E-state index in [9.17, 15) is 14.7 Å². The van der Waals surface area contributed by atoms with E-state index in [0.29, 0.717) is 5.69 Å². The molecular weight excluding hydrogens is 497 g/mol. The van der Waals surface area contributed by atoms with E-state index < -0.39 is 17.1 Å². The second-order valence-electron chi connectivity index (χ2n) is 7.01. The second kappa shape index (κ2) is 8.82. The van der Waals surface area contributed by atoms with E-state index in [1.165, 1.54) is 6.21 Å². The smallest absolute Gasteiger partial charge is 0.335 e. The molecule has 1 aromatic carbocycles. The first-order valence-electron chi connectivity index (χ1n) is 9.59. The van der Waals surface area contributed by atoms with Gasteiger partial charge >= 0.3 is 5.69 Å². The van der Waals surface area contributed by atoms with Crippen LogP contribution in [0.4, 0.5) is 0 Å². The van der Waals surface area contributed by atoms with E-state index in [-0.39, 0.29) is 11.6 Å². The average Bonchev–Trinajstić information content (AvgIpc) is 2.75. The molecule has 0 bridgehead atoms. The number of H-pyrrole nitrogens is 1. The van der Waals surface area contributed by atoms with Crippen molar-refractivity contribution in [2.45, 2.75) is 25.3 Å². The van der Waals surface area contributed by atoms with Crippen molar-refractivity contribution in [1.29, 1.82) is 0 Å². The summed E-state index contributed by atoms with van der Waals surface area (Å²) in [4.78, 5) is 31.1. The van der Waals surface area contributed by atoms with Gasteiger partial charge in [0.2, 0.25) is 5.88 Å². The molecule has 0 radical (unpaired) electrons. The molecule has 0 spiro atoms. The van der Waals surface area contributed by atoms with E-state index in [4.69, 9.17) is 0 Å². The number of piperidine rings is 1. The van der Waals surface area contributed by atoms with Crippen molar-refractivity contribution in [3.8, 4) is 11.6 Å². The van der Waals surface area contributed by atoms with Gasteiger partial charge in [0, 0.05) is 22.5 Å². The molecule has 1 saturated heterocycles. The molecule has 3 aromatic rings. The highest BCUT2D eigenvalue weighted by Crippen LogP contribution is 2.30. The van der Waals surface area contributed by atoms with Crippen molar-refractivity contribution in [1.82, 2.24) is 19.5 Å². The summed E-state index contributed by atoms with van der Waals surface area (Å²) < 4.78 is 2.05. The molecule has 4 rings (SSSR count). The number of hydrogen-bond acceptors (Lipinski definition) is 6. The lowest BCUT2D eigenvalue weighted by Gasteiger charge is -2.33. The van der Waals surface area contributed by atoms with E-state index in [0.717, 1.165) is 39.5 Å². The molecule has 8 nitrogen and oxygen atoms in total. The molecule has 1 aliphatic rings. The van der Waals surface area contributed by atoms with Crippen LogP contribution < -0.4 is 11.2 Å². The molecule has 154 valence electrons. The van der Waals surface area contributed by atoms with Crippen molar-refractivity contribution in [2.75, 3.05) is 6.54 Å². The highest BCUT2D eigenvalue weighted by atomic mass is 127. The zero-order chi connectivity index (χ0) is 21.1. The summed E-state index contributed by atoms with van der Waals surface area (Å²) in [6.07, 6.45) is 7.86. The minimum Gasteiger partial charge on any atom is -0.493 e. The number of nitrogens with one attached hydrogen (secondary N) is 1. The van der Waals surface area contributed by atoms with Gasteiger partial charge in [-0.2, -0.15) is 5.10 Å². The Hall–Kier alpha value is -2.95. The van der Waals surface area contributed by atoms with Gasteiger partial charge in [-0.1, -0.05) is 6.07 Å². The van der Waals surface area contributed by atoms with Crippen LogP contribution in [0.3, 0.4) is 0 Å². The van der Waals surface area contributed by atoms with Gasteiger partial charge in [0.1, 0.15) is 5.56 Å². The summed E-state index contributed by atoms with van der Waals surface area (Å²) in [6.45, 7) is 0.728. The molecule has 1 unspecified atom stereocenters. The lowest BCUT2D eigenvalue weighted by atomic mass is 9.98. The van der Waals surface area contributed by atoms with Crippen molar-refractivity contribution < 1.29 is 5.11 Å². The SMILES string of the molecule is O=c1[nH]c(=O)n(-c2ccc(I)cc2)c(O)c1C=NN1CCCCC1c1cccnc1. The predicted molar refractivity (Wildman–Crippen MR) is 122 cm³/mol. The number of pyridine rings is 1. The zero-order valence-corrected chi connectivity index (χ0v) is 18.2. The molecule has 30 heavy (non-hydrogen) atoms. The standard InChI is InChI=1S/C21H20IN5O3/c22-15-6-8-16(9-7-15)27-20(29)17(19(28)25-21(27)30)13-24-26-11-2-1-5-18(26)14-4-3-10-23-12-14/h3-4,6-10,12-13,18,29H,1-2,5,11H2,(H,25,28,30). The van der Waals surface area contributed by atoms with Crippen LogP contribution in [0.2, 0.25) is 0 Å². The number of rotatable bonds is 4. The van der Waals surface area contributed by atoms with E-state index in [1.54, 1.807) is 18.3 Å². The first-order valence-corrected chi connectivity index (χ1v) is 10.7. The number of aromatic nitrogens is 3. The van der Waals surface area contributed by atoms with Crippen molar-refractivity contribution in [3.05, 3.63) is 84.3 Å². The fraction of sp³-hybridized carbons (Fsp3) is 0.238. The quantitative estimate of drug-likeness (QED) is 0.410. The van der Waals surface area contributed by atoms with E-state index in [2.05, 4.69) is 37.7 Å². The Morgan fingerprint density at radius 1 is 1.20 bits per heavy atom. The Labute approximate surface area is 186 Å². The predicted octanol–water partition coefficient (Wildman–Crippen LogP) is 2.79. The number of nitrogens with zero attached hydrogens (tertiary/aromatic N) is 4. The molecule has 0 amide bonds. The normalized spacial score (nSPS) is 16.8. The molecule has 0 aliphatic carbocycles. The molecule has 1 aliphatic heterocycles. The van der Waals surface area contributed by atoms with Crippen LogP contribution in [0.1, 0.15) is 36.4 Å². The highest BCUT2D eigenvalue weighted by molar-refractivity contribution is 14.1. The van der Waals surface area contributed by atoms with Gasteiger partial charge in [-0.05, 0) is 77.7 Å². The van der Waals surface area contributed by atoms with E-state index >= 15 is 0 Å². The zero-order valence-electron chi connectivity index (χ0n) is 16.0. The molecule has 0 saturated carbocycles. The topological polar surface area (TPSA) is 104 Å². The van der Waals surface area contributed by atoms with Gasteiger partial charge in [-0.15, -0.1) is 0 Å². The summed E-state index contributed by atoms with van der Waals surface area (Å²) in [5.41, 5.74) is 0.0510. The van der Waals surface area contributed by atoms with Crippen LogP contribution in [0, 0.1) is 3.57 Å². The van der Waals surface area contributed by atoms with Crippen LogP contribution in [0.15, 0.2) is 63.5 Å². The Morgan fingerprint density at radius 3 is 2.73 bits per heavy atom. The van der Waals surface area contributed by atoms with Gasteiger partial charge < -0.3 is 5.11 Å². The van der Waals surface area contributed by atoms with Gasteiger partial charge in [-0.25, -0.2) is 9.36 Å². The average molecular weight is 517 g/mol. The van der Waals surface area contributed by atoms with Gasteiger partial charge in [0.25, 0.3) is 5.56 Å². The fourth-order valence-electron chi connectivity index (χ4n) is 3.58. The highest BCUT2D eigenvalue weighted by Gasteiger charge is 2.23. The van der Waals surface area contributed by atoms with Crippen LogP contribution in [0.5, 0.6) is 5.88 Å². The van der Waals surface area contributed by atoms with Crippen molar-refractivity contribution in [3.63, 3.8) is 0 Å². The minimum atomic E-state index is -0.706. The summed E-state index contributed by atoms with van der Waals surface area (Å²) in [7, 11) is 0. The molecule has 1 fully saturated rings. The first-order chi connectivity index (χ1) is 14.5. The number of halogens is 1. The lowest BCUT2D eigenvalue weighted by molar-refractivity contribution is 0.156. The van der Waals surface area contributed by atoms with Crippen molar-refractivity contribution in [2.24, 2.45) is 5.10 Å². The van der Waals surface area contributed by atoms with Crippen LogP contribution in [0.25, 0.3) is 5.69 Å². The Bertz CT molecular complexity index is 1170. The molecule has 2 aromatic heterocycles. The Balaban J connectivity index is 1.71. The van der Waals surface area contributed by atoms with E-state index in [1.807, 2.05) is 35.5 Å². The summed E-state index contributed by atoms with van der Waals surface area (Å²) >= 11 is 2.15. The molecule has 1 atom stereocenters. The fourth-order valence-corrected chi connectivity index (χ4v) is 3.94. The lowest BCUT2D eigenvalue weighted by Crippen LogP contribution is -2.32. The van der Waals surface area contributed by atoms with Crippen LogP contribution in [-0.4, -0.2) is 37.4 Å². The largest absolute Gasteiger partial charge is 0.493 e. The number of hydrogen-bond donors (Lipinski definition) is 2. The van der Waals surface area contributed by atoms with Crippen LogP contribution >= 0.6 is 22.6 Å². The monoisotopic (exact) mass is 517 g/mol. The molecule has 2 N–H and O–H groups in total. The third kappa shape index (κ3) is 4.16. The Morgan fingerprint density at radius 2 is 2.00 bits per heavy atom. The third-order valence-electron chi connectivity index (χ3n) is 5.08. The number of aromatic hydroxyl groups is 1. The number of aromatic amines is 1. The first kappa shape index (κ1) is 20.3. The Kier molecular flexibility index (Phi) is 5.98. The maximum atomic E-state index is 12.4. The molecular formula is C21H20IN5O3. The minimum absolute atomic E-state index is 0.0482. The van der Waals surface area contributed by atoms with Gasteiger partial charge in [-0.3, -0.25) is 19.8 Å². The number of hydrazone groups is 1. The maximum absolute atomic E-state index is 12.4. The summed E-state index contributed by atoms with van der Waals surface area (Å²) in [5.74, 6) is -0.441. The molecule has 9 heteroatoms. The summed E-state index contributed by atoms with van der Waals surface area (Å²) in [5, 5.41) is 17.1. The number of benzene rings is 1. The molecule has 3 heterocycles. The maximum Gasteiger partial charge on any atom is 0.335 e. The summed E-state index contributed by atoms with van der Waals surface area (Å²) in [6, 6.07) is 11.0. The second-order valence-corrected chi connectivity index (χ2v) is 8.26. The third-order valence-corrected chi connectivity index (χ3v) is 5.80. The van der Waals surface area contributed by atoms with Crippen LogP contribution in [-0.2, 0) is 0 Å². The van der Waals surface area contributed by atoms with Gasteiger partial charge in [0.05, 0.1) is 17.9 Å².